The Morgan fingerprint density at radius 1 is 1.57 bits per heavy atom. The van der Waals surface area contributed by atoms with Gasteiger partial charge in [0.05, 0.1) is 19.1 Å². The highest BCUT2D eigenvalue weighted by Gasteiger charge is 2.24. The molecule has 0 aliphatic carbocycles. The van der Waals surface area contributed by atoms with Gasteiger partial charge in [-0.15, -0.1) is 0 Å². The number of hydrogen-bond donors (Lipinski definition) is 0. The smallest absolute Gasteiger partial charge is 0.144 e. The van der Waals surface area contributed by atoms with Crippen molar-refractivity contribution < 1.29 is 9.53 Å². The number of ketones is 1. The van der Waals surface area contributed by atoms with Gasteiger partial charge in [0.15, 0.2) is 0 Å². The van der Waals surface area contributed by atoms with Gasteiger partial charge in [0, 0.05) is 12.6 Å². The van der Waals surface area contributed by atoms with Crippen molar-refractivity contribution in [3.05, 3.63) is 28.5 Å². The first kappa shape index (κ1) is 9.80. The van der Waals surface area contributed by atoms with Gasteiger partial charge in [0.1, 0.15) is 10.4 Å². The number of Topliss-reactive ketones (excluding diaryl/α,β-unsaturated/α-hetero) is 1. The van der Waals surface area contributed by atoms with E-state index in [2.05, 4.69) is 20.9 Å². The van der Waals surface area contributed by atoms with Crippen LogP contribution in [0.3, 0.4) is 0 Å². The van der Waals surface area contributed by atoms with Gasteiger partial charge in [-0.05, 0) is 33.6 Å². The van der Waals surface area contributed by atoms with Crippen molar-refractivity contribution >= 4 is 21.7 Å². The summed E-state index contributed by atoms with van der Waals surface area (Å²) in [7, 11) is 0. The first-order valence-electron chi connectivity index (χ1n) is 4.49. The molecule has 1 atom stereocenters. The third-order valence-electron chi connectivity index (χ3n) is 2.32. The van der Waals surface area contributed by atoms with Gasteiger partial charge in [0.2, 0.25) is 0 Å². The molecule has 0 amide bonds. The fourth-order valence-electron chi connectivity index (χ4n) is 1.56. The van der Waals surface area contributed by atoms with Gasteiger partial charge >= 0.3 is 0 Å². The zero-order chi connectivity index (χ0) is 9.97. The lowest BCUT2D eigenvalue weighted by molar-refractivity contribution is -0.126. The van der Waals surface area contributed by atoms with Crippen LogP contribution in [-0.4, -0.2) is 24.0 Å². The number of rotatable bonds is 1. The van der Waals surface area contributed by atoms with Crippen molar-refractivity contribution in [2.45, 2.75) is 12.3 Å². The Hall–Kier alpha value is -0.740. The molecule has 14 heavy (non-hydrogen) atoms. The topological polar surface area (TPSA) is 39.2 Å². The lowest BCUT2D eigenvalue weighted by Crippen LogP contribution is -2.25. The van der Waals surface area contributed by atoms with Gasteiger partial charge < -0.3 is 4.74 Å². The van der Waals surface area contributed by atoms with Crippen molar-refractivity contribution in [2.24, 2.45) is 0 Å². The lowest BCUT2D eigenvalue weighted by atomic mass is 9.93. The van der Waals surface area contributed by atoms with Gasteiger partial charge in [-0.2, -0.15) is 0 Å². The summed E-state index contributed by atoms with van der Waals surface area (Å²) in [6.07, 6.45) is 2.21. The number of carbonyl (C=O) groups is 1. The van der Waals surface area contributed by atoms with E-state index in [9.17, 15) is 4.79 Å². The summed E-state index contributed by atoms with van der Waals surface area (Å²) in [5.74, 6) is 0.150. The fourth-order valence-corrected chi connectivity index (χ4v) is 1.94. The molecule has 0 aromatic carbocycles. The highest BCUT2D eigenvalue weighted by molar-refractivity contribution is 9.10. The fraction of sp³-hybridized carbons (Fsp3) is 0.400. The molecule has 1 aliphatic heterocycles. The van der Waals surface area contributed by atoms with E-state index in [0.29, 0.717) is 19.6 Å². The number of pyridine rings is 1. The van der Waals surface area contributed by atoms with Crippen LogP contribution < -0.4 is 0 Å². The Labute approximate surface area is 90.6 Å². The number of nitrogens with zero attached hydrogens (tertiary/aromatic N) is 1. The van der Waals surface area contributed by atoms with Crippen LogP contribution >= 0.6 is 15.9 Å². The molecule has 1 aliphatic rings. The standard InChI is InChI=1S/C10H10BrNO2/c11-10-5-7(1-3-12-10)8-6-14-4-2-9(8)13/h1,3,5,8H,2,4,6H2. The molecule has 0 N–H and O–H groups in total. The zero-order valence-corrected chi connectivity index (χ0v) is 9.16. The molecule has 1 unspecified atom stereocenters. The molecule has 0 radical (unpaired) electrons. The van der Waals surface area contributed by atoms with Crippen LogP contribution in [0.4, 0.5) is 0 Å². The molecule has 3 nitrogen and oxygen atoms in total. The molecule has 1 aromatic rings. The SMILES string of the molecule is O=C1CCOCC1c1ccnc(Br)c1. The average Bonchev–Trinajstić information content (AvgIpc) is 2.18. The van der Waals surface area contributed by atoms with E-state index in [-0.39, 0.29) is 11.7 Å². The Morgan fingerprint density at radius 3 is 3.14 bits per heavy atom. The molecule has 0 spiro atoms. The number of hydrogen-bond acceptors (Lipinski definition) is 3. The lowest BCUT2D eigenvalue weighted by Gasteiger charge is -2.21. The predicted molar refractivity (Wildman–Crippen MR) is 55.1 cm³/mol. The summed E-state index contributed by atoms with van der Waals surface area (Å²) in [6.45, 7) is 1.05. The molecule has 1 saturated heterocycles. The van der Waals surface area contributed by atoms with E-state index in [1.54, 1.807) is 6.20 Å². The molecular weight excluding hydrogens is 246 g/mol. The van der Waals surface area contributed by atoms with Crippen LogP contribution in [0.2, 0.25) is 0 Å². The van der Waals surface area contributed by atoms with Gasteiger partial charge in [-0.25, -0.2) is 4.98 Å². The number of carbonyl (C=O) groups excluding carboxylic acids is 1. The third-order valence-corrected chi connectivity index (χ3v) is 2.75. The molecule has 1 aromatic heterocycles. The second-order valence-electron chi connectivity index (χ2n) is 3.26. The van der Waals surface area contributed by atoms with E-state index >= 15 is 0 Å². The summed E-state index contributed by atoms with van der Waals surface area (Å²) in [4.78, 5) is 15.6. The van der Waals surface area contributed by atoms with E-state index in [1.165, 1.54) is 0 Å². The second kappa shape index (κ2) is 4.19. The van der Waals surface area contributed by atoms with Crippen molar-refractivity contribution in [1.82, 2.24) is 4.98 Å². The van der Waals surface area contributed by atoms with E-state index in [0.717, 1.165) is 10.2 Å². The van der Waals surface area contributed by atoms with Crippen LogP contribution in [-0.2, 0) is 9.53 Å². The third kappa shape index (κ3) is 2.01. The minimum atomic E-state index is -0.108. The van der Waals surface area contributed by atoms with Crippen LogP contribution in [0.15, 0.2) is 22.9 Å². The van der Waals surface area contributed by atoms with Crippen molar-refractivity contribution in [2.75, 3.05) is 13.2 Å². The monoisotopic (exact) mass is 255 g/mol. The van der Waals surface area contributed by atoms with E-state index in [4.69, 9.17) is 4.74 Å². The Balaban J connectivity index is 2.24. The number of halogens is 1. The average molecular weight is 256 g/mol. The molecule has 2 rings (SSSR count). The maximum Gasteiger partial charge on any atom is 0.144 e. The summed E-state index contributed by atoms with van der Waals surface area (Å²) in [5, 5.41) is 0. The van der Waals surface area contributed by atoms with Crippen LogP contribution in [0.1, 0.15) is 17.9 Å². The Morgan fingerprint density at radius 2 is 2.43 bits per heavy atom. The molecule has 0 saturated carbocycles. The van der Waals surface area contributed by atoms with Crippen LogP contribution in [0.5, 0.6) is 0 Å². The number of ether oxygens (including phenoxy) is 1. The first-order valence-corrected chi connectivity index (χ1v) is 5.28. The molecule has 4 heteroatoms. The van der Waals surface area contributed by atoms with Crippen molar-refractivity contribution in [3.8, 4) is 0 Å². The van der Waals surface area contributed by atoms with Crippen molar-refractivity contribution in [3.63, 3.8) is 0 Å². The Kier molecular flexibility index (Phi) is 2.93. The zero-order valence-electron chi connectivity index (χ0n) is 7.57. The van der Waals surface area contributed by atoms with Crippen molar-refractivity contribution in [1.29, 1.82) is 0 Å². The highest BCUT2D eigenvalue weighted by Crippen LogP contribution is 2.23. The van der Waals surface area contributed by atoms with Gasteiger partial charge in [-0.1, -0.05) is 0 Å². The highest BCUT2D eigenvalue weighted by atomic mass is 79.9. The summed E-state index contributed by atoms with van der Waals surface area (Å²) in [5.41, 5.74) is 0.983. The van der Waals surface area contributed by atoms with Crippen LogP contribution in [0.25, 0.3) is 0 Å². The van der Waals surface area contributed by atoms with Gasteiger partial charge in [-0.3, -0.25) is 4.79 Å². The molecule has 74 valence electrons. The maximum absolute atomic E-state index is 11.6. The maximum atomic E-state index is 11.6. The molecule has 1 fully saturated rings. The molecule has 2 heterocycles. The quantitative estimate of drug-likeness (QED) is 0.720. The minimum Gasteiger partial charge on any atom is -0.380 e. The summed E-state index contributed by atoms with van der Waals surface area (Å²) < 4.78 is 6.05. The summed E-state index contributed by atoms with van der Waals surface area (Å²) in [6, 6.07) is 3.74. The first-order chi connectivity index (χ1) is 6.77. The summed E-state index contributed by atoms with van der Waals surface area (Å²) >= 11 is 3.29. The largest absolute Gasteiger partial charge is 0.380 e. The van der Waals surface area contributed by atoms with E-state index in [1.807, 2.05) is 12.1 Å². The second-order valence-corrected chi connectivity index (χ2v) is 4.07. The van der Waals surface area contributed by atoms with Crippen LogP contribution in [0, 0.1) is 0 Å². The molecule has 0 bridgehead atoms. The minimum absolute atomic E-state index is 0.108. The normalized spacial score (nSPS) is 22.4. The predicted octanol–water partition coefficient (Wildman–Crippen LogP) is 1.92. The van der Waals surface area contributed by atoms with Gasteiger partial charge in [0.25, 0.3) is 0 Å². The number of aromatic nitrogens is 1. The molecular formula is C10H10BrNO2. The Bertz CT molecular complexity index is 354. The van der Waals surface area contributed by atoms with E-state index < -0.39 is 0 Å².